The van der Waals surface area contributed by atoms with Gasteiger partial charge in [-0.2, -0.15) is 0 Å². The molecule has 7 heteroatoms. The fraction of sp³-hybridized carbons (Fsp3) is 0.207. The van der Waals surface area contributed by atoms with Crippen molar-refractivity contribution in [3.63, 3.8) is 0 Å². The second-order valence-electron chi connectivity index (χ2n) is 8.75. The number of amides is 1. The molecule has 0 spiro atoms. The lowest BCUT2D eigenvalue weighted by Gasteiger charge is -2.20. The normalized spacial score (nSPS) is 11.8. The first-order valence-corrected chi connectivity index (χ1v) is 12.1. The van der Waals surface area contributed by atoms with Gasteiger partial charge in [0.25, 0.3) is 11.5 Å². The van der Waals surface area contributed by atoms with Crippen LogP contribution in [0.5, 0.6) is 0 Å². The summed E-state index contributed by atoms with van der Waals surface area (Å²) >= 11 is 6.09. The van der Waals surface area contributed by atoms with Crippen LogP contribution >= 0.6 is 11.6 Å². The Morgan fingerprint density at radius 2 is 1.67 bits per heavy atom. The van der Waals surface area contributed by atoms with E-state index >= 15 is 0 Å². The van der Waals surface area contributed by atoms with Gasteiger partial charge in [0.1, 0.15) is 5.69 Å². The average molecular weight is 503 g/mol. The molecule has 0 aliphatic rings. The van der Waals surface area contributed by atoms with Crippen molar-refractivity contribution >= 4 is 39.9 Å². The van der Waals surface area contributed by atoms with Gasteiger partial charge in [-0.15, -0.1) is 0 Å². The summed E-state index contributed by atoms with van der Waals surface area (Å²) in [6.45, 7) is 5.59. The van der Waals surface area contributed by atoms with Crippen LogP contribution in [0.3, 0.4) is 0 Å². The number of pyridine rings is 1. The Morgan fingerprint density at radius 1 is 1.00 bits per heavy atom. The first-order chi connectivity index (χ1) is 17.2. The van der Waals surface area contributed by atoms with Gasteiger partial charge in [-0.1, -0.05) is 61.0 Å². The first kappa shape index (κ1) is 25.2. The van der Waals surface area contributed by atoms with Gasteiger partial charge in [0.15, 0.2) is 6.10 Å². The number of nitrogens with one attached hydrogen (secondary N) is 1. The highest BCUT2D eigenvalue weighted by molar-refractivity contribution is 6.30. The van der Waals surface area contributed by atoms with Gasteiger partial charge in [0, 0.05) is 28.7 Å². The summed E-state index contributed by atoms with van der Waals surface area (Å²) in [5, 5.41) is 4.50. The fourth-order valence-corrected chi connectivity index (χ4v) is 4.33. The molecule has 184 valence electrons. The van der Waals surface area contributed by atoms with Gasteiger partial charge in [-0.3, -0.25) is 9.59 Å². The largest absolute Gasteiger partial charge is 0.448 e. The van der Waals surface area contributed by atoms with E-state index in [1.165, 1.54) is 11.6 Å². The fourth-order valence-electron chi connectivity index (χ4n) is 4.20. The van der Waals surface area contributed by atoms with Crippen LogP contribution < -0.4 is 10.9 Å². The van der Waals surface area contributed by atoms with E-state index in [-0.39, 0.29) is 17.7 Å². The Hall–Kier alpha value is -3.90. The van der Waals surface area contributed by atoms with Crippen molar-refractivity contribution in [1.29, 1.82) is 0 Å². The number of fused-ring (bicyclic) bond motifs is 1. The van der Waals surface area contributed by atoms with Gasteiger partial charge in [-0.05, 0) is 66.6 Å². The van der Waals surface area contributed by atoms with Gasteiger partial charge < -0.3 is 14.6 Å². The molecule has 36 heavy (non-hydrogen) atoms. The molecule has 0 radical (unpaired) electrons. The summed E-state index contributed by atoms with van der Waals surface area (Å²) in [6, 6.07) is 19.9. The van der Waals surface area contributed by atoms with Crippen LogP contribution in [0.2, 0.25) is 5.02 Å². The van der Waals surface area contributed by atoms with E-state index in [0.717, 1.165) is 11.1 Å². The maximum absolute atomic E-state index is 13.6. The smallest absolute Gasteiger partial charge is 0.356 e. The summed E-state index contributed by atoms with van der Waals surface area (Å²) in [6.07, 6.45) is -0.780. The number of carbonyl (C=O) groups is 2. The molecular weight excluding hydrogens is 476 g/mol. The molecule has 0 aliphatic heterocycles. The van der Waals surface area contributed by atoms with E-state index in [0.29, 0.717) is 32.6 Å². The molecule has 1 atom stereocenters. The number of rotatable bonds is 6. The molecule has 3 aromatic carbocycles. The third-order valence-electron chi connectivity index (χ3n) is 6.19. The molecule has 4 aromatic rings. The number of hydrogen-bond acceptors (Lipinski definition) is 4. The Bertz CT molecular complexity index is 1520. The highest BCUT2D eigenvalue weighted by Gasteiger charge is 2.28. The van der Waals surface area contributed by atoms with Crippen molar-refractivity contribution in [2.45, 2.75) is 33.3 Å². The maximum atomic E-state index is 13.6. The van der Waals surface area contributed by atoms with Crippen LogP contribution in [0.25, 0.3) is 21.9 Å². The molecule has 0 aliphatic carbocycles. The predicted molar refractivity (Wildman–Crippen MR) is 144 cm³/mol. The van der Waals surface area contributed by atoms with Crippen molar-refractivity contribution < 1.29 is 14.3 Å². The van der Waals surface area contributed by atoms with Crippen LogP contribution in [0, 0.1) is 13.8 Å². The lowest BCUT2D eigenvalue weighted by atomic mass is 9.96. The van der Waals surface area contributed by atoms with Crippen molar-refractivity contribution in [1.82, 2.24) is 4.57 Å². The second-order valence-corrected chi connectivity index (χ2v) is 9.19. The van der Waals surface area contributed by atoms with Gasteiger partial charge in [-0.25, -0.2) is 4.79 Å². The highest BCUT2D eigenvalue weighted by atomic mass is 35.5. The molecule has 1 heterocycles. The standard InChI is InChI=1S/C29H27ClN2O4/c1-5-24(27(33)31-23-16-17(2)10-11-18(23)3)36-29(35)26-25(19-12-14-20(30)15-13-19)21-8-6-7-9-22(21)28(34)32(26)4/h6-16,24H,5H2,1-4H3,(H,31,33). The SMILES string of the molecule is CCC(OC(=O)c1c(-c2ccc(Cl)cc2)c2ccccc2c(=O)n1C)C(=O)Nc1cc(C)ccc1C. The van der Waals surface area contributed by atoms with Crippen molar-refractivity contribution in [3.05, 3.63) is 98.9 Å². The number of ether oxygens (including phenoxy) is 1. The summed E-state index contributed by atoms with van der Waals surface area (Å²) in [4.78, 5) is 39.8. The first-order valence-electron chi connectivity index (χ1n) is 11.7. The molecule has 0 bridgehead atoms. The van der Waals surface area contributed by atoms with Crippen molar-refractivity contribution in [2.24, 2.45) is 7.05 Å². The number of esters is 1. The summed E-state index contributed by atoms with van der Waals surface area (Å²) in [5.41, 5.74) is 3.54. The Kier molecular flexibility index (Phi) is 7.27. The quantitative estimate of drug-likeness (QED) is 0.325. The molecule has 1 aromatic heterocycles. The van der Waals surface area contributed by atoms with E-state index < -0.39 is 18.0 Å². The third-order valence-corrected chi connectivity index (χ3v) is 6.45. The molecule has 6 nitrogen and oxygen atoms in total. The number of aromatic nitrogens is 1. The monoisotopic (exact) mass is 502 g/mol. The minimum atomic E-state index is -1.04. The van der Waals surface area contributed by atoms with Crippen molar-refractivity contribution in [3.8, 4) is 11.1 Å². The molecule has 0 fully saturated rings. The zero-order valence-electron chi connectivity index (χ0n) is 20.6. The van der Waals surface area contributed by atoms with E-state index in [1.54, 1.807) is 49.4 Å². The maximum Gasteiger partial charge on any atom is 0.356 e. The highest BCUT2D eigenvalue weighted by Crippen LogP contribution is 2.32. The molecular formula is C29H27ClN2O4. The lowest BCUT2D eigenvalue weighted by Crippen LogP contribution is -2.34. The molecule has 1 N–H and O–H groups in total. The Morgan fingerprint density at radius 3 is 2.33 bits per heavy atom. The minimum Gasteiger partial charge on any atom is -0.448 e. The van der Waals surface area contributed by atoms with Crippen molar-refractivity contribution in [2.75, 3.05) is 5.32 Å². The van der Waals surface area contributed by atoms with E-state index in [9.17, 15) is 14.4 Å². The second kappa shape index (κ2) is 10.4. The molecule has 4 rings (SSSR count). The molecule has 1 unspecified atom stereocenters. The molecule has 1 amide bonds. The number of carbonyl (C=O) groups excluding carboxylic acids is 2. The van der Waals surface area contributed by atoms with Crippen LogP contribution in [-0.2, 0) is 16.6 Å². The summed E-state index contributed by atoms with van der Waals surface area (Å²) < 4.78 is 7.01. The number of aryl methyl sites for hydroxylation is 2. The van der Waals surface area contributed by atoms with E-state index in [2.05, 4.69) is 5.32 Å². The minimum absolute atomic E-state index is 0.0685. The number of anilines is 1. The number of hydrogen-bond donors (Lipinski definition) is 1. The summed E-state index contributed by atoms with van der Waals surface area (Å²) in [5.74, 6) is -1.19. The average Bonchev–Trinajstić information content (AvgIpc) is 2.87. The van der Waals surface area contributed by atoms with Crippen LogP contribution in [0.1, 0.15) is 35.0 Å². The summed E-state index contributed by atoms with van der Waals surface area (Å²) in [7, 11) is 1.53. The topological polar surface area (TPSA) is 77.4 Å². The van der Waals surface area contributed by atoms with Gasteiger partial charge in [0.2, 0.25) is 0 Å². The van der Waals surface area contributed by atoms with Gasteiger partial charge >= 0.3 is 5.97 Å². The zero-order chi connectivity index (χ0) is 26.0. The lowest BCUT2D eigenvalue weighted by molar-refractivity contribution is -0.124. The Balaban J connectivity index is 1.76. The number of benzene rings is 3. The number of halogens is 1. The van der Waals surface area contributed by atoms with E-state index in [1.807, 2.05) is 38.1 Å². The molecule has 0 saturated heterocycles. The van der Waals surface area contributed by atoms with Crippen LogP contribution in [0.15, 0.2) is 71.5 Å². The third kappa shape index (κ3) is 4.90. The zero-order valence-corrected chi connectivity index (χ0v) is 21.3. The Labute approximate surface area is 214 Å². The van der Waals surface area contributed by atoms with Crippen LogP contribution in [0.4, 0.5) is 5.69 Å². The predicted octanol–water partition coefficient (Wildman–Crippen LogP) is 6.05. The van der Waals surface area contributed by atoms with Gasteiger partial charge in [0.05, 0.1) is 0 Å². The molecule has 0 saturated carbocycles. The van der Waals surface area contributed by atoms with E-state index in [4.69, 9.17) is 16.3 Å². The van der Waals surface area contributed by atoms with Crippen LogP contribution in [-0.4, -0.2) is 22.5 Å². The number of nitrogens with zero attached hydrogens (tertiary/aromatic N) is 1.